The first kappa shape index (κ1) is 45.3. The number of fused-ring (bicyclic) bond motifs is 2. The van der Waals surface area contributed by atoms with Gasteiger partial charge < -0.3 is 37.8 Å². The summed E-state index contributed by atoms with van der Waals surface area (Å²) < 4.78 is 23.1. The Morgan fingerprint density at radius 1 is 0.641 bits per heavy atom. The van der Waals surface area contributed by atoms with E-state index in [1.165, 1.54) is 10.3 Å². The van der Waals surface area contributed by atoms with E-state index < -0.39 is 11.9 Å². The standard InChI is InChI=1S/C46H62N10O8/c1-31(2)53-29-35-11-7-13-37(45-49-47-43(61-45)33-17-23-51(24-18-33)21-9-27-59-5)41(35)55(53)63-39(57)15-16-40(58)64-56-42-36(30-54(56)32(3)4)12-8-14-38(42)46-50-48-44(62-46)34-19-25-52(26-20-34)22-10-28-60-6/h7-8,11-16,31-34H,9-10,17-30H2,1-6H3/b16-15+. The van der Waals surface area contributed by atoms with Gasteiger partial charge in [-0.25, -0.2) is 9.59 Å². The number of likely N-dealkylation sites (tertiary alicyclic amines) is 2. The van der Waals surface area contributed by atoms with Crippen LogP contribution in [-0.2, 0) is 41.8 Å². The first-order valence-corrected chi connectivity index (χ1v) is 22.7. The Morgan fingerprint density at radius 2 is 1.05 bits per heavy atom. The molecule has 2 aromatic carbocycles. The van der Waals surface area contributed by atoms with Crippen LogP contribution < -0.4 is 10.3 Å². The van der Waals surface area contributed by atoms with Crippen molar-refractivity contribution >= 4 is 23.3 Å². The average Bonchev–Trinajstić information content (AvgIpc) is 4.13. The molecule has 4 aliphatic heterocycles. The van der Waals surface area contributed by atoms with E-state index in [0.29, 0.717) is 59.2 Å². The number of carbonyl (C=O) groups is 2. The zero-order chi connectivity index (χ0) is 44.7. The maximum atomic E-state index is 13.6. The zero-order valence-corrected chi connectivity index (χ0v) is 38.0. The van der Waals surface area contributed by atoms with Gasteiger partial charge in [0.25, 0.3) is 0 Å². The first-order valence-electron chi connectivity index (χ1n) is 22.7. The lowest BCUT2D eigenvalue weighted by Gasteiger charge is -2.31. The molecule has 6 heterocycles. The van der Waals surface area contributed by atoms with Crippen LogP contribution in [0.2, 0.25) is 0 Å². The molecule has 2 fully saturated rings. The molecule has 8 rings (SSSR count). The molecule has 4 aliphatic rings. The predicted octanol–water partition coefficient (Wildman–Crippen LogP) is 6.28. The number of rotatable bonds is 18. The van der Waals surface area contributed by atoms with Crippen LogP contribution in [0.25, 0.3) is 22.9 Å². The van der Waals surface area contributed by atoms with Gasteiger partial charge in [0.2, 0.25) is 23.6 Å². The summed E-state index contributed by atoms with van der Waals surface area (Å²) in [7, 11) is 3.47. The quantitative estimate of drug-likeness (QED) is 0.0808. The van der Waals surface area contributed by atoms with E-state index in [2.05, 4.69) is 30.2 Å². The smallest absolute Gasteiger partial charge is 0.358 e. The number of benzene rings is 2. The minimum Gasteiger partial charge on any atom is -0.420 e. The largest absolute Gasteiger partial charge is 0.420 e. The Kier molecular flexibility index (Phi) is 14.7. The van der Waals surface area contributed by atoms with Crippen molar-refractivity contribution in [2.24, 2.45) is 0 Å². The van der Waals surface area contributed by atoms with E-state index in [1.807, 2.05) is 74.1 Å². The summed E-state index contributed by atoms with van der Waals surface area (Å²) in [5.41, 5.74) is 4.41. The Balaban J connectivity index is 0.940. The monoisotopic (exact) mass is 882 g/mol. The number of hydrogen-bond acceptors (Lipinski definition) is 18. The number of carbonyl (C=O) groups excluding carboxylic acids is 2. The third-order valence-corrected chi connectivity index (χ3v) is 12.5. The van der Waals surface area contributed by atoms with Gasteiger partial charge in [-0.15, -0.1) is 30.7 Å². The topological polar surface area (TPSA) is 168 Å². The van der Waals surface area contributed by atoms with Gasteiger partial charge >= 0.3 is 11.9 Å². The van der Waals surface area contributed by atoms with Gasteiger partial charge in [0.1, 0.15) is 11.4 Å². The number of anilines is 2. The molecule has 0 unspecified atom stereocenters. The molecule has 0 radical (unpaired) electrons. The number of aromatic nitrogens is 4. The van der Waals surface area contributed by atoms with Crippen LogP contribution in [-0.4, -0.2) is 131 Å². The lowest BCUT2D eigenvalue weighted by molar-refractivity contribution is -0.149. The molecule has 0 atom stereocenters. The zero-order valence-electron chi connectivity index (χ0n) is 38.0. The summed E-state index contributed by atoms with van der Waals surface area (Å²) >= 11 is 0. The third kappa shape index (κ3) is 10.2. The van der Waals surface area contributed by atoms with E-state index in [0.717, 1.165) is 114 Å². The second kappa shape index (κ2) is 20.7. The van der Waals surface area contributed by atoms with Crippen LogP contribution in [0.4, 0.5) is 11.4 Å². The number of ether oxygens (including phenoxy) is 2. The number of para-hydroxylation sites is 2. The summed E-state index contributed by atoms with van der Waals surface area (Å²) in [4.78, 5) is 44.1. The van der Waals surface area contributed by atoms with Gasteiger partial charge in [-0.3, -0.25) is 0 Å². The molecule has 18 nitrogen and oxygen atoms in total. The van der Waals surface area contributed by atoms with Gasteiger partial charge in [-0.2, -0.15) is 10.0 Å². The fourth-order valence-electron chi connectivity index (χ4n) is 9.01. The van der Waals surface area contributed by atoms with Crippen LogP contribution in [0.1, 0.15) is 101 Å². The van der Waals surface area contributed by atoms with Crippen molar-refractivity contribution in [3.63, 3.8) is 0 Å². The van der Waals surface area contributed by atoms with E-state index >= 15 is 0 Å². The highest BCUT2D eigenvalue weighted by molar-refractivity contribution is 5.93. The molecule has 0 spiro atoms. The Morgan fingerprint density at radius 3 is 1.42 bits per heavy atom. The molecule has 0 aliphatic carbocycles. The third-order valence-electron chi connectivity index (χ3n) is 12.5. The molecule has 64 heavy (non-hydrogen) atoms. The molecular formula is C46H62N10O8. The van der Waals surface area contributed by atoms with E-state index in [9.17, 15) is 9.59 Å². The fourth-order valence-corrected chi connectivity index (χ4v) is 9.01. The molecule has 0 bridgehead atoms. The Bertz CT molecular complexity index is 2070. The maximum absolute atomic E-state index is 13.6. The number of methoxy groups -OCH3 is 2. The summed E-state index contributed by atoms with van der Waals surface area (Å²) in [6, 6.07) is 11.5. The summed E-state index contributed by atoms with van der Waals surface area (Å²) in [6.45, 7) is 16.4. The lowest BCUT2D eigenvalue weighted by atomic mass is 9.97. The number of nitrogens with zero attached hydrogens (tertiary/aromatic N) is 10. The summed E-state index contributed by atoms with van der Waals surface area (Å²) in [5, 5.41) is 24.7. The highest BCUT2D eigenvalue weighted by Gasteiger charge is 2.38. The van der Waals surface area contributed by atoms with Crippen LogP contribution in [0.5, 0.6) is 0 Å². The van der Waals surface area contributed by atoms with Gasteiger partial charge in [0.05, 0.1) is 11.1 Å². The second-order valence-corrected chi connectivity index (χ2v) is 17.5. The van der Waals surface area contributed by atoms with E-state index in [1.54, 1.807) is 14.2 Å². The van der Waals surface area contributed by atoms with Crippen molar-refractivity contribution < 1.29 is 37.6 Å². The minimum atomic E-state index is -0.767. The highest BCUT2D eigenvalue weighted by Crippen LogP contribution is 2.43. The van der Waals surface area contributed by atoms with E-state index in [4.69, 9.17) is 28.0 Å². The van der Waals surface area contributed by atoms with Crippen molar-refractivity contribution in [1.29, 1.82) is 0 Å². The highest BCUT2D eigenvalue weighted by atomic mass is 16.8. The number of hydrazine groups is 2. The molecule has 4 aromatic rings. The van der Waals surface area contributed by atoms with Crippen molar-refractivity contribution in [2.75, 3.05) is 77.0 Å². The average molecular weight is 883 g/mol. The summed E-state index contributed by atoms with van der Waals surface area (Å²) in [5.74, 6) is 0.722. The van der Waals surface area contributed by atoms with Gasteiger partial charge in [-0.05, 0) is 116 Å². The van der Waals surface area contributed by atoms with Crippen molar-refractivity contribution in [3.05, 3.63) is 71.5 Å². The Labute approximate surface area is 374 Å². The van der Waals surface area contributed by atoms with Gasteiger partial charge in [0.15, 0.2) is 0 Å². The van der Waals surface area contributed by atoms with Crippen LogP contribution in [0.15, 0.2) is 57.4 Å². The fraction of sp³-hybridized carbons (Fsp3) is 0.565. The predicted molar refractivity (Wildman–Crippen MR) is 237 cm³/mol. The van der Waals surface area contributed by atoms with E-state index in [-0.39, 0.29) is 23.9 Å². The lowest BCUT2D eigenvalue weighted by Crippen LogP contribution is -2.43. The van der Waals surface area contributed by atoms with Crippen LogP contribution >= 0.6 is 0 Å². The maximum Gasteiger partial charge on any atom is 0.358 e. The molecule has 2 aromatic heterocycles. The molecule has 0 amide bonds. The van der Waals surface area contributed by atoms with Gasteiger partial charge in [-0.1, -0.05) is 24.3 Å². The SMILES string of the molecule is COCCCN1CCC(c2nnc(-c3cccc4c3N(OC(=O)/C=C/C(=O)ON3c5c(cccc5-c5nnc(C6CCN(CCCOC)CC6)o5)CN3C(C)C)N(C(C)C)C4)o2)CC1. The number of hydrogen-bond donors (Lipinski definition) is 0. The molecule has 344 valence electrons. The first-order chi connectivity index (χ1) is 31.1. The van der Waals surface area contributed by atoms with Crippen molar-refractivity contribution in [3.8, 4) is 22.9 Å². The van der Waals surface area contributed by atoms with Gasteiger partial charge in [0, 0.05) is 89.7 Å². The number of piperidine rings is 2. The molecule has 18 heteroatoms. The summed E-state index contributed by atoms with van der Waals surface area (Å²) in [6.07, 6.45) is 7.87. The van der Waals surface area contributed by atoms with Crippen LogP contribution in [0.3, 0.4) is 0 Å². The Hall–Kier alpha value is -5.24. The normalized spacial score (nSPS) is 18.2. The molecule has 0 N–H and O–H groups in total. The minimum absolute atomic E-state index is 0.0417. The van der Waals surface area contributed by atoms with Crippen molar-refractivity contribution in [1.82, 2.24) is 40.2 Å². The molecule has 0 saturated carbocycles. The molecular weight excluding hydrogens is 821 g/mol. The van der Waals surface area contributed by atoms with Crippen molar-refractivity contribution in [2.45, 2.75) is 103 Å². The van der Waals surface area contributed by atoms with Crippen LogP contribution in [0, 0.1) is 0 Å². The second-order valence-electron chi connectivity index (χ2n) is 17.5. The molecule has 2 saturated heterocycles.